The van der Waals surface area contributed by atoms with Crippen molar-refractivity contribution in [2.75, 3.05) is 6.61 Å². The second-order valence-electron chi connectivity index (χ2n) is 9.57. The van der Waals surface area contributed by atoms with Gasteiger partial charge in [0.25, 0.3) is 0 Å². The lowest BCUT2D eigenvalue weighted by atomic mass is 10.0. The summed E-state index contributed by atoms with van der Waals surface area (Å²) in [6.45, 7) is 7.17. The van der Waals surface area contributed by atoms with Crippen LogP contribution in [0.4, 0.5) is 0 Å². The minimum absolute atomic E-state index is 0.0199. The second-order valence-corrected chi connectivity index (χ2v) is 9.57. The summed E-state index contributed by atoms with van der Waals surface area (Å²) in [5.74, 6) is 0.0964. The van der Waals surface area contributed by atoms with Gasteiger partial charge in [-0.2, -0.15) is 0 Å². The molecule has 0 amide bonds. The van der Waals surface area contributed by atoms with Gasteiger partial charge in [-0.25, -0.2) is 0 Å². The van der Waals surface area contributed by atoms with Crippen LogP contribution in [-0.2, 0) is 9.53 Å². The van der Waals surface area contributed by atoms with E-state index in [1.165, 1.54) is 122 Å². The predicted molar refractivity (Wildman–Crippen MR) is 133 cm³/mol. The van der Waals surface area contributed by atoms with Crippen molar-refractivity contribution in [2.45, 2.75) is 162 Å². The summed E-state index contributed by atoms with van der Waals surface area (Å²) >= 11 is 0. The Morgan fingerprint density at radius 3 is 1.27 bits per heavy atom. The summed E-state index contributed by atoms with van der Waals surface area (Å²) in [7, 11) is 0. The van der Waals surface area contributed by atoms with Crippen LogP contribution in [0.5, 0.6) is 0 Å². The van der Waals surface area contributed by atoms with E-state index in [1.54, 1.807) is 0 Å². The first kappa shape index (κ1) is 29.5. The van der Waals surface area contributed by atoms with Gasteiger partial charge in [-0.1, -0.05) is 149 Å². The molecule has 0 spiro atoms. The highest BCUT2D eigenvalue weighted by atomic mass is 16.5. The van der Waals surface area contributed by atoms with Crippen LogP contribution in [0.2, 0.25) is 0 Å². The fourth-order valence-corrected chi connectivity index (χ4v) is 4.14. The van der Waals surface area contributed by atoms with Crippen LogP contribution in [-0.4, -0.2) is 12.6 Å². The Labute approximate surface area is 190 Å². The Hall–Kier alpha value is -0.530. The largest absolute Gasteiger partial charge is 0.465 e. The van der Waals surface area contributed by atoms with Gasteiger partial charge in [-0.05, 0) is 12.8 Å². The smallest absolute Gasteiger partial charge is 0.308 e. The molecule has 0 saturated carbocycles. The van der Waals surface area contributed by atoms with Gasteiger partial charge >= 0.3 is 5.97 Å². The molecule has 0 heterocycles. The molecule has 1 atom stereocenters. The van der Waals surface area contributed by atoms with Crippen molar-refractivity contribution in [1.82, 2.24) is 0 Å². The van der Waals surface area contributed by atoms with Crippen LogP contribution in [0.3, 0.4) is 0 Å². The van der Waals surface area contributed by atoms with Crippen LogP contribution in [0.1, 0.15) is 162 Å². The van der Waals surface area contributed by atoms with Crippen molar-refractivity contribution in [2.24, 2.45) is 5.92 Å². The number of carbonyl (C=O) groups is 1. The zero-order valence-corrected chi connectivity index (χ0v) is 21.2. The Bertz CT molecular complexity index is 340. The maximum atomic E-state index is 12.0. The van der Waals surface area contributed by atoms with Crippen molar-refractivity contribution in [3.8, 4) is 0 Å². The molecule has 2 nitrogen and oxygen atoms in total. The molecule has 2 heteroatoms. The van der Waals surface area contributed by atoms with Gasteiger partial charge in [-0.3, -0.25) is 4.79 Å². The fourth-order valence-electron chi connectivity index (χ4n) is 4.14. The summed E-state index contributed by atoms with van der Waals surface area (Å²) in [6, 6.07) is 0. The lowest BCUT2D eigenvalue weighted by Gasteiger charge is -2.11. The van der Waals surface area contributed by atoms with Crippen molar-refractivity contribution < 1.29 is 9.53 Å². The minimum atomic E-state index is 0.0199. The molecule has 0 rings (SSSR count). The average molecular weight is 425 g/mol. The molecule has 1 unspecified atom stereocenters. The molecule has 0 saturated heterocycles. The summed E-state index contributed by atoms with van der Waals surface area (Å²) in [4.78, 5) is 12.0. The quantitative estimate of drug-likeness (QED) is 0.114. The predicted octanol–water partition coefficient (Wildman–Crippen LogP) is 9.79. The minimum Gasteiger partial charge on any atom is -0.465 e. The maximum absolute atomic E-state index is 12.0. The molecule has 0 aliphatic rings. The Morgan fingerprint density at radius 1 is 0.533 bits per heavy atom. The number of unbranched alkanes of at least 4 members (excludes halogenated alkanes) is 19. The average Bonchev–Trinajstić information content (AvgIpc) is 2.75. The highest BCUT2D eigenvalue weighted by Crippen LogP contribution is 2.15. The van der Waals surface area contributed by atoms with Crippen LogP contribution in [0, 0.1) is 5.92 Å². The molecule has 0 aliphatic heterocycles. The first-order valence-corrected chi connectivity index (χ1v) is 13.9. The van der Waals surface area contributed by atoms with Crippen molar-refractivity contribution in [3.63, 3.8) is 0 Å². The molecule has 0 aliphatic carbocycles. The number of carbonyl (C=O) groups excluding carboxylic acids is 1. The molecule has 0 fully saturated rings. The van der Waals surface area contributed by atoms with E-state index in [2.05, 4.69) is 13.8 Å². The molecule has 0 N–H and O–H groups in total. The maximum Gasteiger partial charge on any atom is 0.308 e. The van der Waals surface area contributed by atoms with Crippen molar-refractivity contribution in [3.05, 3.63) is 0 Å². The molecule has 0 aromatic carbocycles. The van der Waals surface area contributed by atoms with Crippen LogP contribution in [0.25, 0.3) is 0 Å². The van der Waals surface area contributed by atoms with Crippen molar-refractivity contribution >= 4 is 5.97 Å². The molecular weight excluding hydrogens is 368 g/mol. The Kier molecular flexibility index (Phi) is 24.3. The van der Waals surface area contributed by atoms with E-state index in [0.717, 1.165) is 19.3 Å². The zero-order chi connectivity index (χ0) is 22.1. The third-order valence-electron chi connectivity index (χ3n) is 6.39. The van der Waals surface area contributed by atoms with Gasteiger partial charge < -0.3 is 4.74 Å². The molecule has 0 bridgehead atoms. The number of hydrogen-bond acceptors (Lipinski definition) is 2. The van der Waals surface area contributed by atoms with Gasteiger partial charge in [0, 0.05) is 0 Å². The Balaban J connectivity index is 3.22. The lowest BCUT2D eigenvalue weighted by Crippen LogP contribution is -2.15. The monoisotopic (exact) mass is 424 g/mol. The number of hydrogen-bond donors (Lipinski definition) is 0. The SMILES string of the molecule is CCCCCCCCCCCCCCCCCCOC(=O)C(C)CCCCCCC. The summed E-state index contributed by atoms with van der Waals surface area (Å²) in [5, 5.41) is 0. The molecule has 0 aromatic heterocycles. The van der Waals surface area contributed by atoms with E-state index in [4.69, 9.17) is 4.74 Å². The highest BCUT2D eigenvalue weighted by Gasteiger charge is 2.13. The first-order valence-electron chi connectivity index (χ1n) is 13.9. The fraction of sp³-hybridized carbons (Fsp3) is 0.964. The number of ether oxygens (including phenoxy) is 1. The number of rotatable bonds is 24. The van der Waals surface area contributed by atoms with Gasteiger partial charge in [0.1, 0.15) is 0 Å². The molecular formula is C28H56O2. The third-order valence-corrected chi connectivity index (χ3v) is 6.39. The summed E-state index contributed by atoms with van der Waals surface area (Å²) in [6.07, 6.45) is 29.3. The van der Waals surface area contributed by atoms with Crippen LogP contribution in [0.15, 0.2) is 0 Å². The van der Waals surface area contributed by atoms with Gasteiger partial charge in [-0.15, -0.1) is 0 Å². The standard InChI is InChI=1S/C28H56O2/c1-4-6-8-10-11-12-13-14-15-16-17-18-19-20-22-24-26-30-28(29)27(3)25-23-21-9-7-5-2/h27H,4-26H2,1-3H3. The molecule has 30 heavy (non-hydrogen) atoms. The van der Waals surface area contributed by atoms with E-state index in [1.807, 2.05) is 6.92 Å². The van der Waals surface area contributed by atoms with Crippen LogP contribution < -0.4 is 0 Å². The normalized spacial score (nSPS) is 12.2. The van der Waals surface area contributed by atoms with Gasteiger partial charge in [0.05, 0.1) is 12.5 Å². The molecule has 0 aromatic rings. The molecule has 0 radical (unpaired) electrons. The number of esters is 1. The topological polar surface area (TPSA) is 26.3 Å². The van der Waals surface area contributed by atoms with E-state index < -0.39 is 0 Å². The summed E-state index contributed by atoms with van der Waals surface area (Å²) in [5.41, 5.74) is 0. The first-order chi connectivity index (χ1) is 14.7. The van der Waals surface area contributed by atoms with E-state index in [9.17, 15) is 4.79 Å². The highest BCUT2D eigenvalue weighted by molar-refractivity contribution is 5.71. The van der Waals surface area contributed by atoms with Gasteiger partial charge in [0.2, 0.25) is 0 Å². The van der Waals surface area contributed by atoms with E-state index in [-0.39, 0.29) is 11.9 Å². The lowest BCUT2D eigenvalue weighted by molar-refractivity contribution is -0.148. The zero-order valence-electron chi connectivity index (χ0n) is 21.2. The van der Waals surface area contributed by atoms with E-state index in [0.29, 0.717) is 6.61 Å². The Morgan fingerprint density at radius 2 is 0.867 bits per heavy atom. The second kappa shape index (κ2) is 24.7. The van der Waals surface area contributed by atoms with Crippen LogP contribution >= 0.6 is 0 Å². The van der Waals surface area contributed by atoms with Gasteiger partial charge in [0.15, 0.2) is 0 Å². The third kappa shape index (κ3) is 22.2. The van der Waals surface area contributed by atoms with Crippen molar-refractivity contribution in [1.29, 1.82) is 0 Å². The summed E-state index contributed by atoms with van der Waals surface area (Å²) < 4.78 is 5.46. The van der Waals surface area contributed by atoms with E-state index >= 15 is 0 Å². The molecule has 180 valence electrons.